The summed E-state index contributed by atoms with van der Waals surface area (Å²) in [6, 6.07) is -1.01. The molecular weight excluding hydrogens is 498 g/mol. The SMILES string of the molecule is C=C(C)CN(C(=O)N(CCCl)N=O)C1O[C@H](CO)[C@@H](O[C@H]2O[C@H](CO)[C@@H](O)[C@H](O)[C@H]2O)[C@H](O)[C@H]1O. The highest BCUT2D eigenvalue weighted by Gasteiger charge is 2.52. The topological polar surface area (TPSA) is 222 Å². The van der Waals surface area contributed by atoms with E-state index in [2.05, 4.69) is 11.9 Å². The van der Waals surface area contributed by atoms with E-state index in [4.69, 9.17) is 25.8 Å². The molecule has 2 aliphatic heterocycles. The number of amides is 2. The van der Waals surface area contributed by atoms with Gasteiger partial charge in [0.25, 0.3) is 0 Å². The van der Waals surface area contributed by atoms with E-state index in [0.29, 0.717) is 10.6 Å². The molecule has 0 aromatic carbocycles. The third-order valence-electron chi connectivity index (χ3n) is 5.59. The number of carbonyl (C=O) groups is 1. The molecule has 2 saturated heterocycles. The highest BCUT2D eigenvalue weighted by Crippen LogP contribution is 2.31. The first-order chi connectivity index (χ1) is 16.5. The van der Waals surface area contributed by atoms with Crippen LogP contribution in [-0.2, 0) is 14.2 Å². The summed E-state index contributed by atoms with van der Waals surface area (Å²) in [5.41, 5.74) is 0.417. The summed E-state index contributed by atoms with van der Waals surface area (Å²) in [7, 11) is 0. The number of halogens is 1. The zero-order valence-electron chi connectivity index (χ0n) is 18.9. The first-order valence-corrected chi connectivity index (χ1v) is 11.3. The molecule has 7 N–H and O–H groups in total. The third-order valence-corrected chi connectivity index (χ3v) is 5.76. The van der Waals surface area contributed by atoms with Gasteiger partial charge in [-0.1, -0.05) is 12.2 Å². The van der Waals surface area contributed by atoms with Gasteiger partial charge in [0.1, 0.15) is 48.8 Å². The zero-order chi connectivity index (χ0) is 26.4. The molecule has 2 aliphatic rings. The average molecular weight is 530 g/mol. The van der Waals surface area contributed by atoms with Crippen molar-refractivity contribution in [3.8, 4) is 0 Å². The fraction of sp³-hybridized carbons (Fsp3) is 0.842. The fourth-order valence-corrected chi connectivity index (χ4v) is 3.94. The summed E-state index contributed by atoms with van der Waals surface area (Å²) in [4.78, 5) is 24.9. The van der Waals surface area contributed by atoms with E-state index in [1.807, 2.05) is 0 Å². The van der Waals surface area contributed by atoms with Crippen molar-refractivity contribution < 1.29 is 54.8 Å². The molecule has 2 rings (SSSR count). The predicted molar refractivity (Wildman–Crippen MR) is 117 cm³/mol. The van der Waals surface area contributed by atoms with Crippen LogP contribution in [0.3, 0.4) is 0 Å². The van der Waals surface area contributed by atoms with Crippen LogP contribution in [-0.4, -0.2) is 145 Å². The normalized spacial score (nSPS) is 37.5. The minimum absolute atomic E-state index is 0.122. The number of aliphatic hydroxyl groups excluding tert-OH is 7. The van der Waals surface area contributed by atoms with Gasteiger partial charge in [-0.25, -0.2) is 4.79 Å². The van der Waals surface area contributed by atoms with Crippen LogP contribution in [0.5, 0.6) is 0 Å². The number of rotatable bonds is 10. The van der Waals surface area contributed by atoms with Gasteiger partial charge in [0.15, 0.2) is 12.5 Å². The highest BCUT2D eigenvalue weighted by molar-refractivity contribution is 6.18. The number of nitrogens with zero attached hydrogens (tertiary/aromatic N) is 3. The van der Waals surface area contributed by atoms with Crippen LogP contribution in [0.4, 0.5) is 4.79 Å². The number of hydrogen-bond donors (Lipinski definition) is 7. The van der Waals surface area contributed by atoms with E-state index in [-0.39, 0.29) is 19.0 Å². The molecule has 2 heterocycles. The monoisotopic (exact) mass is 529 g/mol. The Labute approximate surface area is 205 Å². The van der Waals surface area contributed by atoms with Crippen molar-refractivity contribution in [3.63, 3.8) is 0 Å². The number of nitroso groups, excluding NO2 is 1. The molecule has 1 unspecified atom stereocenters. The van der Waals surface area contributed by atoms with Gasteiger partial charge in [0.2, 0.25) is 0 Å². The molecule has 0 saturated carbocycles. The van der Waals surface area contributed by atoms with Crippen LogP contribution in [0.2, 0.25) is 0 Å². The molecule has 0 spiro atoms. The van der Waals surface area contributed by atoms with Gasteiger partial charge in [-0.2, -0.15) is 5.01 Å². The number of carbonyl (C=O) groups excluding carboxylic acids is 1. The van der Waals surface area contributed by atoms with E-state index in [1.165, 1.54) is 0 Å². The van der Waals surface area contributed by atoms with E-state index in [9.17, 15) is 45.4 Å². The van der Waals surface area contributed by atoms with Crippen molar-refractivity contribution in [2.75, 3.05) is 32.2 Å². The lowest BCUT2D eigenvalue weighted by atomic mass is 9.96. The van der Waals surface area contributed by atoms with E-state index in [0.717, 1.165) is 4.90 Å². The van der Waals surface area contributed by atoms with E-state index < -0.39 is 80.6 Å². The van der Waals surface area contributed by atoms with Crippen LogP contribution in [0, 0.1) is 4.91 Å². The van der Waals surface area contributed by atoms with Gasteiger partial charge in [-0.05, 0) is 6.92 Å². The molecule has 0 aromatic rings. The Bertz CT molecular complexity index is 731. The smallest absolute Gasteiger partial charge is 0.345 e. The van der Waals surface area contributed by atoms with Gasteiger partial charge in [0.05, 0.1) is 25.0 Å². The lowest BCUT2D eigenvalue weighted by Gasteiger charge is -2.48. The summed E-state index contributed by atoms with van der Waals surface area (Å²) in [6.45, 7) is 3.23. The van der Waals surface area contributed by atoms with Gasteiger partial charge < -0.3 is 50.0 Å². The highest BCUT2D eigenvalue weighted by atomic mass is 35.5. The van der Waals surface area contributed by atoms with Crippen molar-refractivity contribution in [2.24, 2.45) is 5.29 Å². The summed E-state index contributed by atoms with van der Waals surface area (Å²) in [6.07, 6.45) is -16.5. The molecule has 0 aromatic heterocycles. The van der Waals surface area contributed by atoms with Gasteiger partial charge in [-0.15, -0.1) is 16.5 Å². The van der Waals surface area contributed by atoms with E-state index in [1.54, 1.807) is 6.92 Å². The summed E-state index contributed by atoms with van der Waals surface area (Å²) in [5.74, 6) is -0.122. The Hall–Kier alpha value is -1.50. The first kappa shape index (κ1) is 29.7. The lowest BCUT2D eigenvalue weighted by molar-refractivity contribution is -0.347. The molecule has 15 nitrogen and oxygen atoms in total. The summed E-state index contributed by atoms with van der Waals surface area (Å²) in [5, 5.41) is 73.9. The van der Waals surface area contributed by atoms with Crippen molar-refractivity contribution in [1.29, 1.82) is 0 Å². The molecule has 0 bridgehead atoms. The fourth-order valence-electron chi connectivity index (χ4n) is 3.78. The molecule has 0 aliphatic carbocycles. The van der Waals surface area contributed by atoms with Crippen LogP contribution in [0.25, 0.3) is 0 Å². The van der Waals surface area contributed by atoms with Crippen LogP contribution in [0.15, 0.2) is 17.4 Å². The number of ether oxygens (including phenoxy) is 3. The van der Waals surface area contributed by atoms with Crippen molar-refractivity contribution in [3.05, 3.63) is 17.1 Å². The molecule has 0 radical (unpaired) electrons. The van der Waals surface area contributed by atoms with Crippen molar-refractivity contribution in [2.45, 2.75) is 68.3 Å². The standard InChI is InChI=1S/C19H32ClN3O12/c1-8(2)5-22(19(31)23(21-32)4-3-20)17-14(29)13(28)16(10(7-25)33-17)35-18-15(30)12(27)11(26)9(6-24)34-18/h9-18,24-30H,1,3-7H2,2H3/t9-,10-,11-,12+,13-,14-,15-,16-,17?,18-/m1/s1. The van der Waals surface area contributed by atoms with Crippen LogP contribution in [0.1, 0.15) is 6.92 Å². The van der Waals surface area contributed by atoms with Gasteiger partial charge in [0, 0.05) is 12.4 Å². The minimum atomic E-state index is -1.86. The molecular formula is C19H32ClN3O12. The first-order valence-electron chi connectivity index (χ1n) is 10.7. The number of aliphatic hydroxyl groups is 7. The Morgan fingerprint density at radius 2 is 1.63 bits per heavy atom. The maximum Gasteiger partial charge on any atom is 0.345 e. The summed E-state index contributed by atoms with van der Waals surface area (Å²) >= 11 is 5.60. The number of alkyl halides is 1. The third kappa shape index (κ3) is 6.64. The van der Waals surface area contributed by atoms with E-state index >= 15 is 0 Å². The van der Waals surface area contributed by atoms with Crippen molar-refractivity contribution in [1.82, 2.24) is 9.91 Å². The molecule has 35 heavy (non-hydrogen) atoms. The van der Waals surface area contributed by atoms with Crippen LogP contribution < -0.4 is 0 Å². The van der Waals surface area contributed by atoms with Crippen LogP contribution >= 0.6 is 11.6 Å². The maximum atomic E-state index is 12.9. The largest absolute Gasteiger partial charge is 0.394 e. The number of hydrogen-bond acceptors (Lipinski definition) is 13. The Kier molecular flexibility index (Phi) is 11.2. The van der Waals surface area contributed by atoms with Gasteiger partial charge in [-0.3, -0.25) is 4.90 Å². The second-order valence-electron chi connectivity index (χ2n) is 8.29. The Balaban J connectivity index is 2.28. The molecule has 10 atom stereocenters. The second-order valence-corrected chi connectivity index (χ2v) is 8.67. The molecule has 16 heteroatoms. The zero-order valence-corrected chi connectivity index (χ0v) is 19.7. The Morgan fingerprint density at radius 1 is 1.00 bits per heavy atom. The van der Waals surface area contributed by atoms with Crippen molar-refractivity contribution >= 4 is 17.6 Å². The Morgan fingerprint density at radius 3 is 2.14 bits per heavy atom. The lowest BCUT2D eigenvalue weighted by Crippen LogP contribution is -2.67. The average Bonchev–Trinajstić information content (AvgIpc) is 2.83. The minimum Gasteiger partial charge on any atom is -0.394 e. The summed E-state index contributed by atoms with van der Waals surface area (Å²) < 4.78 is 16.4. The second kappa shape index (κ2) is 13.2. The predicted octanol–water partition coefficient (Wildman–Crippen LogP) is -3.17. The molecule has 2 amide bonds. The van der Waals surface area contributed by atoms with Gasteiger partial charge >= 0.3 is 6.03 Å². The molecule has 202 valence electrons. The maximum absolute atomic E-state index is 12.9. The number of urea groups is 1. The molecule has 2 fully saturated rings. The quantitative estimate of drug-likeness (QED) is 0.0644.